The number of likely N-dealkylation sites (N-methyl/N-ethyl adjacent to an activating group) is 1. The molecule has 1 atom stereocenters. The van der Waals surface area contributed by atoms with Gasteiger partial charge in [0, 0.05) is 6.54 Å². The van der Waals surface area contributed by atoms with Gasteiger partial charge in [0.1, 0.15) is 5.78 Å². The van der Waals surface area contributed by atoms with Gasteiger partial charge in [-0.3, -0.25) is 14.5 Å². The van der Waals surface area contributed by atoms with Crippen LogP contribution in [0.1, 0.15) is 48.5 Å². The number of nitrogens with zero attached hydrogens (tertiary/aromatic N) is 1. The summed E-state index contributed by atoms with van der Waals surface area (Å²) in [6.07, 6.45) is -0.0662. The third kappa shape index (κ3) is 5.35. The van der Waals surface area contributed by atoms with Gasteiger partial charge in [0.05, 0.1) is 30.3 Å². The normalized spacial score (nSPS) is 21.7. The number of rotatable bonds is 8. The number of hydrogen-bond donors (Lipinski definition) is 1. The Hall–Kier alpha value is -0.820. The molecule has 1 rings (SSSR count). The van der Waals surface area contributed by atoms with Crippen molar-refractivity contribution in [1.29, 1.82) is 0 Å². The Morgan fingerprint density at radius 1 is 1.26 bits per heavy atom. The van der Waals surface area contributed by atoms with Crippen LogP contribution in [0.4, 0.5) is 0 Å². The zero-order valence-electron chi connectivity index (χ0n) is 15.8. The lowest BCUT2D eigenvalue weighted by Gasteiger charge is -2.35. The van der Waals surface area contributed by atoms with Gasteiger partial charge in [0.15, 0.2) is 11.6 Å². The first kappa shape index (κ1) is 20.2. The molecule has 1 heterocycles. The Bertz CT molecular complexity index is 458. The van der Waals surface area contributed by atoms with Crippen LogP contribution in [-0.4, -0.2) is 66.2 Å². The molecule has 1 unspecified atom stereocenters. The van der Waals surface area contributed by atoms with Crippen molar-refractivity contribution in [3.05, 3.63) is 0 Å². The topological polar surface area (TPSA) is 67.9 Å². The third-order valence-corrected chi connectivity index (χ3v) is 4.73. The highest BCUT2D eigenvalue weighted by molar-refractivity contribution is 5.91. The first-order valence-electron chi connectivity index (χ1n) is 8.10. The smallest absolute Gasteiger partial charge is 0.166 e. The van der Waals surface area contributed by atoms with E-state index >= 15 is 0 Å². The van der Waals surface area contributed by atoms with Gasteiger partial charge >= 0.3 is 0 Å². The first-order valence-corrected chi connectivity index (χ1v) is 8.10. The summed E-state index contributed by atoms with van der Waals surface area (Å²) in [5.74, 6) is -0.489. The minimum Gasteiger partial charge on any atom is -0.348 e. The Balaban J connectivity index is 2.55. The summed E-state index contributed by atoms with van der Waals surface area (Å²) in [5, 5.41) is 3.26. The van der Waals surface area contributed by atoms with Crippen LogP contribution in [0.3, 0.4) is 0 Å². The first-order chi connectivity index (χ1) is 10.3. The molecular formula is C17H32N2O4. The van der Waals surface area contributed by atoms with Crippen molar-refractivity contribution in [2.75, 3.05) is 26.7 Å². The number of ketones is 2. The SMILES string of the molecule is CC(=O)C(C)(C)N(C)CC(=O)C(C)(C)NCC1COC(C)(C)O1. The second-order valence-electron chi connectivity index (χ2n) is 7.85. The fourth-order valence-electron chi connectivity index (χ4n) is 2.21. The maximum atomic E-state index is 12.6. The molecule has 0 amide bonds. The number of carbonyl (C=O) groups is 2. The van der Waals surface area contributed by atoms with E-state index in [2.05, 4.69) is 5.32 Å². The predicted molar refractivity (Wildman–Crippen MR) is 89.4 cm³/mol. The predicted octanol–water partition coefficient (Wildman–Crippen LogP) is 1.37. The molecule has 1 aliphatic rings. The quantitative estimate of drug-likeness (QED) is 0.726. The second-order valence-corrected chi connectivity index (χ2v) is 7.85. The van der Waals surface area contributed by atoms with Gasteiger partial charge in [-0.15, -0.1) is 0 Å². The van der Waals surface area contributed by atoms with Crippen molar-refractivity contribution in [2.45, 2.75) is 71.4 Å². The molecule has 0 aromatic carbocycles. The van der Waals surface area contributed by atoms with Crippen molar-refractivity contribution in [3.8, 4) is 0 Å². The summed E-state index contributed by atoms with van der Waals surface area (Å²) in [6, 6.07) is 0. The minimum atomic E-state index is -0.697. The van der Waals surface area contributed by atoms with Crippen molar-refractivity contribution >= 4 is 11.6 Å². The van der Waals surface area contributed by atoms with Crippen LogP contribution >= 0.6 is 0 Å². The molecule has 134 valence electrons. The van der Waals surface area contributed by atoms with Gasteiger partial charge in [-0.25, -0.2) is 0 Å². The summed E-state index contributed by atoms with van der Waals surface area (Å²) in [7, 11) is 1.80. The number of nitrogens with one attached hydrogen (secondary N) is 1. The molecule has 1 fully saturated rings. The summed E-state index contributed by atoms with van der Waals surface area (Å²) in [4.78, 5) is 26.1. The molecule has 0 saturated carbocycles. The monoisotopic (exact) mass is 328 g/mol. The molecule has 0 bridgehead atoms. The Kier molecular flexibility index (Phi) is 6.13. The van der Waals surface area contributed by atoms with E-state index < -0.39 is 16.9 Å². The summed E-state index contributed by atoms with van der Waals surface area (Å²) in [5.41, 5.74) is -1.35. The van der Waals surface area contributed by atoms with Crippen LogP contribution in [0.5, 0.6) is 0 Å². The molecule has 6 nitrogen and oxygen atoms in total. The summed E-state index contributed by atoms with van der Waals surface area (Å²) in [6.45, 7) is 13.9. The average Bonchev–Trinajstić information content (AvgIpc) is 2.75. The van der Waals surface area contributed by atoms with Gasteiger partial charge < -0.3 is 14.8 Å². The molecule has 0 aromatic rings. The molecule has 0 aromatic heterocycles. The lowest BCUT2D eigenvalue weighted by molar-refractivity contribution is -0.138. The highest BCUT2D eigenvalue weighted by Gasteiger charge is 2.37. The number of ether oxygens (including phenoxy) is 2. The van der Waals surface area contributed by atoms with Gasteiger partial charge in [-0.05, 0) is 55.5 Å². The van der Waals surface area contributed by atoms with E-state index in [1.54, 1.807) is 18.9 Å². The van der Waals surface area contributed by atoms with Crippen molar-refractivity contribution < 1.29 is 19.1 Å². The van der Waals surface area contributed by atoms with Crippen LogP contribution in [0.25, 0.3) is 0 Å². The van der Waals surface area contributed by atoms with E-state index in [1.807, 2.05) is 41.5 Å². The van der Waals surface area contributed by atoms with E-state index in [1.165, 1.54) is 0 Å². The van der Waals surface area contributed by atoms with Gasteiger partial charge in [0.25, 0.3) is 0 Å². The van der Waals surface area contributed by atoms with Crippen LogP contribution in [-0.2, 0) is 19.1 Å². The highest BCUT2D eigenvalue weighted by atomic mass is 16.7. The van der Waals surface area contributed by atoms with Crippen LogP contribution in [0, 0.1) is 0 Å². The van der Waals surface area contributed by atoms with Crippen molar-refractivity contribution in [2.24, 2.45) is 0 Å². The number of hydrogen-bond acceptors (Lipinski definition) is 6. The zero-order valence-corrected chi connectivity index (χ0v) is 15.8. The van der Waals surface area contributed by atoms with Crippen molar-refractivity contribution in [3.63, 3.8) is 0 Å². The van der Waals surface area contributed by atoms with Crippen LogP contribution in [0.2, 0.25) is 0 Å². The molecular weight excluding hydrogens is 296 g/mol. The third-order valence-electron chi connectivity index (χ3n) is 4.73. The van der Waals surface area contributed by atoms with E-state index in [4.69, 9.17) is 9.47 Å². The molecule has 1 aliphatic heterocycles. The van der Waals surface area contributed by atoms with E-state index in [0.717, 1.165) is 0 Å². The molecule has 6 heteroatoms. The van der Waals surface area contributed by atoms with Gasteiger partial charge in [-0.2, -0.15) is 0 Å². The van der Waals surface area contributed by atoms with E-state index in [-0.39, 0.29) is 24.2 Å². The van der Waals surface area contributed by atoms with Gasteiger partial charge in [0.2, 0.25) is 0 Å². The fraction of sp³-hybridized carbons (Fsp3) is 0.882. The molecule has 1 N–H and O–H groups in total. The number of Topliss-reactive ketones (excluding diaryl/α,β-unsaturated/α-hetero) is 2. The van der Waals surface area contributed by atoms with Crippen LogP contribution < -0.4 is 5.32 Å². The van der Waals surface area contributed by atoms with E-state index in [9.17, 15) is 9.59 Å². The Morgan fingerprint density at radius 2 is 1.83 bits per heavy atom. The lowest BCUT2D eigenvalue weighted by Crippen LogP contribution is -2.56. The van der Waals surface area contributed by atoms with Crippen LogP contribution in [0.15, 0.2) is 0 Å². The minimum absolute atomic E-state index is 0.0347. The Labute approximate surface area is 139 Å². The molecule has 0 spiro atoms. The molecule has 0 radical (unpaired) electrons. The largest absolute Gasteiger partial charge is 0.348 e. The Morgan fingerprint density at radius 3 is 2.26 bits per heavy atom. The van der Waals surface area contributed by atoms with Crippen molar-refractivity contribution in [1.82, 2.24) is 10.2 Å². The summed E-state index contributed by atoms with van der Waals surface area (Å²) >= 11 is 0. The van der Waals surface area contributed by atoms with Gasteiger partial charge in [-0.1, -0.05) is 0 Å². The standard InChI is InChI=1S/C17H32N2O4/c1-12(20)16(4,5)19(8)10-14(21)15(2,3)18-9-13-11-22-17(6,7)23-13/h13,18H,9-11H2,1-8H3. The van der Waals surface area contributed by atoms with E-state index in [0.29, 0.717) is 13.2 Å². The summed E-state index contributed by atoms with van der Waals surface area (Å²) < 4.78 is 11.3. The molecule has 23 heavy (non-hydrogen) atoms. The highest BCUT2D eigenvalue weighted by Crippen LogP contribution is 2.22. The molecule has 1 saturated heterocycles. The number of carbonyl (C=O) groups excluding carboxylic acids is 2. The fourth-order valence-corrected chi connectivity index (χ4v) is 2.21. The maximum absolute atomic E-state index is 12.6. The maximum Gasteiger partial charge on any atom is 0.166 e. The zero-order chi connectivity index (χ0) is 18.1. The molecule has 0 aliphatic carbocycles. The average molecular weight is 328 g/mol. The lowest BCUT2D eigenvalue weighted by atomic mass is 9.94. The second kappa shape index (κ2) is 6.97.